The molecule has 1 unspecified atom stereocenters. The highest BCUT2D eigenvalue weighted by atomic mass is 16.3. The first kappa shape index (κ1) is 22.5. The molecule has 3 aromatic rings. The molecule has 2 amide bonds. The van der Waals surface area contributed by atoms with Crippen LogP contribution in [0.2, 0.25) is 0 Å². The predicted molar refractivity (Wildman–Crippen MR) is 131 cm³/mol. The highest BCUT2D eigenvalue weighted by molar-refractivity contribution is 6.00. The van der Waals surface area contributed by atoms with Crippen molar-refractivity contribution in [1.82, 2.24) is 14.8 Å². The van der Waals surface area contributed by atoms with Gasteiger partial charge >= 0.3 is 0 Å². The lowest BCUT2D eigenvalue weighted by atomic mass is 9.93. The molecule has 6 nitrogen and oxygen atoms in total. The van der Waals surface area contributed by atoms with Crippen LogP contribution < -0.4 is 5.32 Å². The molecule has 178 valence electrons. The van der Waals surface area contributed by atoms with Gasteiger partial charge in [-0.3, -0.25) is 9.59 Å². The first-order chi connectivity index (χ1) is 16.6. The largest absolute Gasteiger partial charge is 0.463 e. The van der Waals surface area contributed by atoms with E-state index in [4.69, 9.17) is 4.42 Å². The molecule has 0 bridgehead atoms. The number of nitrogens with zero attached hydrogens (tertiary/aromatic N) is 2. The van der Waals surface area contributed by atoms with E-state index in [2.05, 4.69) is 17.4 Å². The summed E-state index contributed by atoms with van der Waals surface area (Å²) in [7, 11) is 0. The Balaban J connectivity index is 1.47. The zero-order chi connectivity index (χ0) is 23.5. The van der Waals surface area contributed by atoms with Crippen LogP contribution in [0.4, 0.5) is 0 Å². The van der Waals surface area contributed by atoms with E-state index in [-0.39, 0.29) is 17.9 Å². The summed E-state index contributed by atoms with van der Waals surface area (Å²) in [6, 6.07) is 17.8. The topological polar surface area (TPSA) is 67.5 Å². The van der Waals surface area contributed by atoms with Crippen molar-refractivity contribution in [1.29, 1.82) is 0 Å². The first-order valence-corrected chi connectivity index (χ1v) is 12.5. The number of carbonyl (C=O) groups excluding carboxylic acids is 2. The van der Waals surface area contributed by atoms with Crippen molar-refractivity contribution < 1.29 is 14.0 Å². The second kappa shape index (κ2) is 9.53. The standard InChI is InChI=1S/C28H33N3O3/c1-28(27(33)29-22-12-7-2-3-8-13-22)20-30-23(25-14-9-19-34-25)15-16-24(30)26(32)31(28)18-17-21-10-5-4-6-11-21/h4-6,9-11,14-16,19,22H,2-3,7-8,12-13,17-18,20H2,1H3,(H,29,33). The summed E-state index contributed by atoms with van der Waals surface area (Å²) in [5, 5.41) is 3.33. The second-order valence-corrected chi connectivity index (χ2v) is 9.80. The maximum atomic E-state index is 13.9. The lowest BCUT2D eigenvalue weighted by Crippen LogP contribution is -2.65. The number of benzene rings is 1. The van der Waals surface area contributed by atoms with Gasteiger partial charge in [0.25, 0.3) is 5.91 Å². The molecule has 3 heterocycles. The van der Waals surface area contributed by atoms with E-state index in [1.807, 2.05) is 54.0 Å². The van der Waals surface area contributed by atoms with Gasteiger partial charge < -0.3 is 19.2 Å². The SMILES string of the molecule is CC1(C(=O)NC2CCCCCC2)Cn2c(ccc2-c2ccco2)C(=O)N1CCc1ccccc1. The molecular formula is C28H33N3O3. The lowest BCUT2D eigenvalue weighted by molar-refractivity contribution is -0.133. The molecule has 1 saturated carbocycles. The van der Waals surface area contributed by atoms with Crippen molar-refractivity contribution in [3.8, 4) is 11.5 Å². The number of furan rings is 1. The molecule has 2 aromatic heterocycles. The molecule has 0 saturated heterocycles. The van der Waals surface area contributed by atoms with E-state index in [0.29, 0.717) is 31.0 Å². The van der Waals surface area contributed by atoms with Crippen LogP contribution in [0.3, 0.4) is 0 Å². The summed E-state index contributed by atoms with van der Waals surface area (Å²) in [5.41, 5.74) is 1.58. The third kappa shape index (κ3) is 4.29. The van der Waals surface area contributed by atoms with Crippen LogP contribution >= 0.6 is 0 Å². The third-order valence-electron chi connectivity index (χ3n) is 7.43. The van der Waals surface area contributed by atoms with Crippen molar-refractivity contribution in [2.24, 2.45) is 0 Å². The van der Waals surface area contributed by atoms with Gasteiger partial charge in [-0.1, -0.05) is 56.0 Å². The van der Waals surface area contributed by atoms with Crippen LogP contribution in [-0.4, -0.2) is 39.4 Å². The van der Waals surface area contributed by atoms with Crippen molar-refractivity contribution in [3.63, 3.8) is 0 Å². The molecular weight excluding hydrogens is 426 g/mol. The summed E-state index contributed by atoms with van der Waals surface area (Å²) in [6.45, 7) is 2.79. The van der Waals surface area contributed by atoms with E-state index < -0.39 is 5.54 Å². The predicted octanol–water partition coefficient (Wildman–Crippen LogP) is 5.04. The minimum absolute atomic E-state index is 0.0643. The van der Waals surface area contributed by atoms with Gasteiger partial charge in [-0.2, -0.15) is 0 Å². The van der Waals surface area contributed by atoms with Gasteiger partial charge in [-0.05, 0) is 56.0 Å². The third-order valence-corrected chi connectivity index (χ3v) is 7.43. The van der Waals surface area contributed by atoms with E-state index in [1.54, 1.807) is 11.2 Å². The summed E-state index contributed by atoms with van der Waals surface area (Å²) in [5.74, 6) is 0.521. The van der Waals surface area contributed by atoms with E-state index in [1.165, 1.54) is 12.8 Å². The lowest BCUT2D eigenvalue weighted by Gasteiger charge is -2.45. The first-order valence-electron chi connectivity index (χ1n) is 12.5. The molecule has 1 aliphatic heterocycles. The van der Waals surface area contributed by atoms with Crippen LogP contribution in [0.15, 0.2) is 65.3 Å². The van der Waals surface area contributed by atoms with Gasteiger partial charge in [-0.15, -0.1) is 0 Å². The van der Waals surface area contributed by atoms with Gasteiger partial charge in [0.1, 0.15) is 17.0 Å². The average molecular weight is 460 g/mol. The Hall–Kier alpha value is -3.28. The van der Waals surface area contributed by atoms with Gasteiger partial charge in [0, 0.05) is 12.6 Å². The molecule has 34 heavy (non-hydrogen) atoms. The van der Waals surface area contributed by atoms with Gasteiger partial charge in [0.2, 0.25) is 5.91 Å². The van der Waals surface area contributed by atoms with E-state index in [9.17, 15) is 9.59 Å². The highest BCUT2D eigenvalue weighted by Crippen LogP contribution is 2.34. The Labute approximate surface area is 200 Å². The monoisotopic (exact) mass is 459 g/mol. The normalized spacial score (nSPS) is 21.2. The molecule has 1 fully saturated rings. The van der Waals surface area contributed by atoms with Crippen molar-refractivity contribution >= 4 is 11.8 Å². The zero-order valence-corrected chi connectivity index (χ0v) is 19.8. The van der Waals surface area contributed by atoms with Gasteiger partial charge in [0.05, 0.1) is 18.5 Å². The van der Waals surface area contributed by atoms with E-state index in [0.717, 1.165) is 36.9 Å². The number of rotatable bonds is 6. The highest BCUT2D eigenvalue weighted by Gasteiger charge is 2.48. The van der Waals surface area contributed by atoms with E-state index >= 15 is 0 Å². The number of hydrogen-bond donors (Lipinski definition) is 1. The second-order valence-electron chi connectivity index (χ2n) is 9.80. The van der Waals surface area contributed by atoms with Crippen LogP contribution in [-0.2, 0) is 17.8 Å². The molecule has 0 spiro atoms. The Kier molecular flexibility index (Phi) is 6.31. The summed E-state index contributed by atoms with van der Waals surface area (Å²) < 4.78 is 7.58. The Bertz CT molecular complexity index is 1130. The quantitative estimate of drug-likeness (QED) is 0.525. The Morgan fingerprint density at radius 2 is 1.74 bits per heavy atom. The maximum absolute atomic E-state index is 13.9. The molecule has 1 atom stereocenters. The maximum Gasteiger partial charge on any atom is 0.271 e. The van der Waals surface area contributed by atoms with Crippen molar-refractivity contribution in [3.05, 3.63) is 72.1 Å². The van der Waals surface area contributed by atoms with Crippen molar-refractivity contribution in [2.45, 2.75) is 70.0 Å². The summed E-state index contributed by atoms with van der Waals surface area (Å²) >= 11 is 0. The van der Waals surface area contributed by atoms with Gasteiger partial charge in [0.15, 0.2) is 0 Å². The number of carbonyl (C=O) groups is 2. The van der Waals surface area contributed by atoms with Crippen LogP contribution in [0.5, 0.6) is 0 Å². The van der Waals surface area contributed by atoms with Crippen molar-refractivity contribution in [2.75, 3.05) is 6.54 Å². The molecule has 1 aliphatic carbocycles. The van der Waals surface area contributed by atoms with Gasteiger partial charge in [-0.25, -0.2) is 0 Å². The van der Waals surface area contributed by atoms with Crippen LogP contribution in [0, 0.1) is 0 Å². The minimum Gasteiger partial charge on any atom is -0.463 e. The smallest absolute Gasteiger partial charge is 0.271 e. The molecule has 0 radical (unpaired) electrons. The molecule has 5 rings (SSSR count). The fourth-order valence-corrected chi connectivity index (χ4v) is 5.41. The molecule has 2 aliphatic rings. The zero-order valence-electron chi connectivity index (χ0n) is 19.8. The number of nitrogens with one attached hydrogen (secondary N) is 1. The fourth-order valence-electron chi connectivity index (χ4n) is 5.41. The fraction of sp³-hybridized carbons (Fsp3) is 0.429. The average Bonchev–Trinajstić information content (AvgIpc) is 3.44. The molecule has 6 heteroatoms. The van der Waals surface area contributed by atoms with Crippen LogP contribution in [0.1, 0.15) is 61.5 Å². The number of aromatic nitrogens is 1. The minimum atomic E-state index is -0.995. The van der Waals surface area contributed by atoms with Crippen LogP contribution in [0.25, 0.3) is 11.5 Å². The summed E-state index contributed by atoms with van der Waals surface area (Å²) in [4.78, 5) is 29.4. The number of hydrogen-bond acceptors (Lipinski definition) is 3. The number of fused-ring (bicyclic) bond motifs is 1. The summed E-state index contributed by atoms with van der Waals surface area (Å²) in [6.07, 6.45) is 9.08. The number of amides is 2. The molecule has 1 N–H and O–H groups in total. The Morgan fingerprint density at radius 1 is 1.00 bits per heavy atom. The molecule has 1 aromatic carbocycles. The Morgan fingerprint density at radius 3 is 2.44 bits per heavy atom.